The quantitative estimate of drug-likeness (QED) is 0.522. The molecule has 4 nitrogen and oxygen atoms in total. The fourth-order valence-electron chi connectivity index (χ4n) is 1.87. The highest BCUT2D eigenvalue weighted by molar-refractivity contribution is 5.84. The van der Waals surface area contributed by atoms with E-state index >= 15 is 0 Å². The van der Waals surface area contributed by atoms with Crippen LogP contribution in [0.3, 0.4) is 0 Å². The predicted octanol–water partition coefficient (Wildman–Crippen LogP) is 1.08. The van der Waals surface area contributed by atoms with Crippen LogP contribution in [0.2, 0.25) is 0 Å². The maximum Gasteiger partial charge on any atom is 0.307 e. The van der Waals surface area contributed by atoms with Crippen molar-refractivity contribution in [3.05, 3.63) is 0 Å². The number of aliphatic carboxylic acids is 1. The molecule has 14 heavy (non-hydrogen) atoms. The number of carboxylic acids is 1. The average Bonchev–Trinajstić information content (AvgIpc) is 2.91. The fraction of sp³-hybridized carbons (Fsp3) is 0.800. The fourth-order valence-corrected chi connectivity index (χ4v) is 1.87. The van der Waals surface area contributed by atoms with Gasteiger partial charge in [-0.1, -0.05) is 13.8 Å². The van der Waals surface area contributed by atoms with Crippen LogP contribution >= 0.6 is 0 Å². The first-order chi connectivity index (χ1) is 6.53. The monoisotopic (exact) mass is 196 g/mol. The van der Waals surface area contributed by atoms with E-state index in [0.29, 0.717) is 6.04 Å². The van der Waals surface area contributed by atoms with Gasteiger partial charge >= 0.3 is 5.97 Å². The standard InChI is InChI=1S/C10H16N2O2/c1-10(2)7(8(10)9(13)14)5-11-12-6-3-4-6/h5-8,12H,3-4H2,1-2H3,(H,13,14)/t7?,8-/m0/s1. The van der Waals surface area contributed by atoms with Gasteiger partial charge in [-0.25, -0.2) is 0 Å². The zero-order chi connectivity index (χ0) is 10.3. The second kappa shape index (κ2) is 2.97. The molecule has 2 saturated carbocycles. The summed E-state index contributed by atoms with van der Waals surface area (Å²) in [4.78, 5) is 10.8. The maximum atomic E-state index is 10.8. The molecular formula is C10H16N2O2. The van der Waals surface area contributed by atoms with Gasteiger partial charge in [0, 0.05) is 18.2 Å². The van der Waals surface area contributed by atoms with Crippen molar-refractivity contribution in [1.29, 1.82) is 0 Å². The van der Waals surface area contributed by atoms with E-state index in [0.717, 1.165) is 0 Å². The van der Waals surface area contributed by atoms with Crippen molar-refractivity contribution in [2.24, 2.45) is 22.4 Å². The Labute approximate surface area is 83.4 Å². The van der Waals surface area contributed by atoms with Gasteiger partial charge in [0.25, 0.3) is 0 Å². The summed E-state index contributed by atoms with van der Waals surface area (Å²) in [5.74, 6) is -0.878. The normalized spacial score (nSPS) is 34.4. The molecule has 0 amide bonds. The summed E-state index contributed by atoms with van der Waals surface area (Å²) < 4.78 is 0. The van der Waals surface area contributed by atoms with E-state index in [2.05, 4.69) is 10.5 Å². The van der Waals surface area contributed by atoms with Crippen molar-refractivity contribution < 1.29 is 9.90 Å². The molecule has 78 valence electrons. The van der Waals surface area contributed by atoms with E-state index in [1.807, 2.05) is 13.8 Å². The van der Waals surface area contributed by atoms with Crippen molar-refractivity contribution in [1.82, 2.24) is 5.43 Å². The van der Waals surface area contributed by atoms with Gasteiger partial charge in [-0.2, -0.15) is 5.10 Å². The zero-order valence-electron chi connectivity index (χ0n) is 8.53. The van der Waals surface area contributed by atoms with Gasteiger partial charge < -0.3 is 10.5 Å². The Morgan fingerprint density at radius 3 is 2.64 bits per heavy atom. The molecule has 0 aromatic carbocycles. The molecule has 0 aromatic heterocycles. The van der Waals surface area contributed by atoms with E-state index < -0.39 is 5.97 Å². The minimum absolute atomic E-state index is 0.0891. The minimum Gasteiger partial charge on any atom is -0.481 e. The number of hydrogen-bond donors (Lipinski definition) is 2. The number of nitrogens with zero attached hydrogens (tertiary/aromatic N) is 1. The molecule has 2 N–H and O–H groups in total. The summed E-state index contributed by atoms with van der Waals surface area (Å²) in [5.41, 5.74) is 2.88. The first-order valence-corrected chi connectivity index (χ1v) is 5.05. The largest absolute Gasteiger partial charge is 0.481 e. The maximum absolute atomic E-state index is 10.8. The van der Waals surface area contributed by atoms with Crippen LogP contribution < -0.4 is 5.43 Å². The molecule has 2 rings (SSSR count). The number of hydrazone groups is 1. The number of carbonyl (C=O) groups is 1. The molecule has 4 heteroatoms. The molecule has 0 saturated heterocycles. The highest BCUT2D eigenvalue weighted by atomic mass is 16.4. The Kier molecular flexibility index (Phi) is 2.01. The molecule has 2 aliphatic rings. The number of hydrogen-bond acceptors (Lipinski definition) is 3. The first kappa shape index (κ1) is 9.49. The lowest BCUT2D eigenvalue weighted by atomic mass is 10.1. The Bertz CT molecular complexity index is 282. The van der Waals surface area contributed by atoms with Crippen LogP contribution in [0.4, 0.5) is 0 Å². The van der Waals surface area contributed by atoms with E-state index in [1.165, 1.54) is 12.8 Å². The lowest BCUT2D eigenvalue weighted by Gasteiger charge is -1.96. The van der Waals surface area contributed by atoms with Gasteiger partial charge in [-0.3, -0.25) is 4.79 Å². The second-order valence-electron chi connectivity index (χ2n) is 4.84. The third-order valence-electron chi connectivity index (χ3n) is 3.25. The number of rotatable bonds is 4. The highest BCUT2D eigenvalue weighted by Crippen LogP contribution is 2.57. The highest BCUT2D eigenvalue weighted by Gasteiger charge is 2.61. The summed E-state index contributed by atoms with van der Waals surface area (Å²) in [6.45, 7) is 3.94. The lowest BCUT2D eigenvalue weighted by molar-refractivity contribution is -0.139. The topological polar surface area (TPSA) is 61.7 Å². The number of carboxylic acid groups (broad SMARTS) is 1. The van der Waals surface area contributed by atoms with Crippen molar-refractivity contribution in [2.75, 3.05) is 0 Å². The Hall–Kier alpha value is -1.06. The van der Waals surface area contributed by atoms with Gasteiger partial charge in [0.1, 0.15) is 0 Å². The van der Waals surface area contributed by atoms with Crippen molar-refractivity contribution in [3.63, 3.8) is 0 Å². The van der Waals surface area contributed by atoms with Crippen LogP contribution in [0, 0.1) is 17.3 Å². The number of nitrogens with one attached hydrogen (secondary N) is 1. The molecule has 2 fully saturated rings. The van der Waals surface area contributed by atoms with Crippen molar-refractivity contribution in [3.8, 4) is 0 Å². The molecule has 0 radical (unpaired) electrons. The van der Waals surface area contributed by atoms with Crippen LogP contribution in [0.1, 0.15) is 26.7 Å². The van der Waals surface area contributed by atoms with Crippen LogP contribution in [-0.4, -0.2) is 23.3 Å². The van der Waals surface area contributed by atoms with E-state index in [9.17, 15) is 4.79 Å². The van der Waals surface area contributed by atoms with Crippen LogP contribution in [-0.2, 0) is 4.79 Å². The molecule has 2 atom stereocenters. The molecule has 0 aliphatic heterocycles. The Morgan fingerprint density at radius 1 is 1.57 bits per heavy atom. The van der Waals surface area contributed by atoms with Crippen LogP contribution in [0.25, 0.3) is 0 Å². The first-order valence-electron chi connectivity index (χ1n) is 5.05. The third-order valence-corrected chi connectivity index (χ3v) is 3.25. The molecule has 2 aliphatic carbocycles. The van der Waals surface area contributed by atoms with Gasteiger partial charge in [-0.15, -0.1) is 0 Å². The van der Waals surface area contributed by atoms with Gasteiger partial charge in [0.05, 0.1) is 5.92 Å². The minimum atomic E-state index is -0.710. The SMILES string of the molecule is CC1(C)C(C=NNC2CC2)[C@H]1C(=O)O. The van der Waals surface area contributed by atoms with E-state index in [1.54, 1.807) is 6.21 Å². The molecule has 0 bridgehead atoms. The summed E-state index contributed by atoms with van der Waals surface area (Å²) in [5, 5.41) is 13.0. The Morgan fingerprint density at radius 2 is 2.21 bits per heavy atom. The molecule has 0 spiro atoms. The lowest BCUT2D eigenvalue weighted by Crippen LogP contribution is -2.08. The van der Waals surface area contributed by atoms with E-state index in [-0.39, 0.29) is 17.3 Å². The van der Waals surface area contributed by atoms with Gasteiger partial charge in [0.2, 0.25) is 0 Å². The molecule has 0 aromatic rings. The summed E-state index contributed by atoms with van der Waals surface area (Å²) >= 11 is 0. The summed E-state index contributed by atoms with van der Waals surface area (Å²) in [6.07, 6.45) is 4.14. The van der Waals surface area contributed by atoms with Gasteiger partial charge in [-0.05, 0) is 18.3 Å². The van der Waals surface area contributed by atoms with Crippen molar-refractivity contribution in [2.45, 2.75) is 32.7 Å². The molecule has 0 heterocycles. The third kappa shape index (κ3) is 1.61. The summed E-state index contributed by atoms with van der Waals surface area (Å²) in [6, 6.07) is 0.538. The van der Waals surface area contributed by atoms with Crippen LogP contribution in [0.15, 0.2) is 5.10 Å². The van der Waals surface area contributed by atoms with Crippen molar-refractivity contribution >= 4 is 12.2 Å². The Balaban J connectivity index is 1.86. The van der Waals surface area contributed by atoms with Crippen LogP contribution in [0.5, 0.6) is 0 Å². The zero-order valence-corrected chi connectivity index (χ0v) is 8.53. The molecule has 1 unspecified atom stereocenters. The smallest absolute Gasteiger partial charge is 0.307 e. The van der Waals surface area contributed by atoms with Gasteiger partial charge in [0.15, 0.2) is 0 Å². The van der Waals surface area contributed by atoms with E-state index in [4.69, 9.17) is 5.11 Å². The average molecular weight is 196 g/mol. The molecular weight excluding hydrogens is 180 g/mol. The summed E-state index contributed by atoms with van der Waals surface area (Å²) in [7, 11) is 0. The second-order valence-corrected chi connectivity index (χ2v) is 4.84. The predicted molar refractivity (Wildman–Crippen MR) is 53.0 cm³/mol.